The SMILES string of the molecule is Cc1ccc(C(=O)CCC(=O)N(C)Cc2ccc(N(C)C)cc2)s1. The number of thiophene rings is 1. The molecule has 0 N–H and O–H groups in total. The lowest BCUT2D eigenvalue weighted by Gasteiger charge is -2.18. The number of carbonyl (C=O) groups is 2. The minimum absolute atomic E-state index is 0.00619. The van der Waals surface area contributed by atoms with Crippen molar-refractivity contribution in [2.45, 2.75) is 26.3 Å². The summed E-state index contributed by atoms with van der Waals surface area (Å²) in [6.07, 6.45) is 0.519. The molecule has 0 spiro atoms. The number of carbonyl (C=O) groups excluding carboxylic acids is 2. The van der Waals surface area contributed by atoms with Crippen molar-refractivity contribution in [3.05, 3.63) is 51.7 Å². The molecule has 2 rings (SSSR count). The van der Waals surface area contributed by atoms with Crippen LogP contribution in [0.5, 0.6) is 0 Å². The predicted molar refractivity (Wildman–Crippen MR) is 99.9 cm³/mol. The molecule has 0 atom stereocenters. The van der Waals surface area contributed by atoms with Crippen LogP contribution in [-0.4, -0.2) is 37.7 Å². The van der Waals surface area contributed by atoms with Gasteiger partial charge < -0.3 is 9.80 Å². The van der Waals surface area contributed by atoms with E-state index in [1.54, 1.807) is 11.9 Å². The van der Waals surface area contributed by atoms with Crippen LogP contribution in [0.25, 0.3) is 0 Å². The van der Waals surface area contributed by atoms with E-state index in [1.165, 1.54) is 11.3 Å². The van der Waals surface area contributed by atoms with E-state index in [0.717, 1.165) is 21.0 Å². The van der Waals surface area contributed by atoms with E-state index in [0.29, 0.717) is 6.54 Å². The topological polar surface area (TPSA) is 40.6 Å². The monoisotopic (exact) mass is 344 g/mol. The largest absolute Gasteiger partial charge is 0.378 e. The highest BCUT2D eigenvalue weighted by Gasteiger charge is 2.14. The van der Waals surface area contributed by atoms with Crippen molar-refractivity contribution in [1.29, 1.82) is 0 Å². The average molecular weight is 344 g/mol. The van der Waals surface area contributed by atoms with Crippen LogP contribution in [-0.2, 0) is 11.3 Å². The smallest absolute Gasteiger partial charge is 0.223 e. The second-order valence-electron chi connectivity index (χ2n) is 6.14. The summed E-state index contributed by atoms with van der Waals surface area (Å²) in [4.78, 5) is 29.9. The lowest BCUT2D eigenvalue weighted by atomic mass is 10.1. The summed E-state index contributed by atoms with van der Waals surface area (Å²) in [6, 6.07) is 11.9. The van der Waals surface area contributed by atoms with Crippen LogP contribution in [0.1, 0.15) is 33.0 Å². The molecular weight excluding hydrogens is 320 g/mol. The first-order chi connectivity index (χ1) is 11.4. The van der Waals surface area contributed by atoms with Gasteiger partial charge in [0, 0.05) is 51.1 Å². The van der Waals surface area contributed by atoms with Crippen LogP contribution >= 0.6 is 11.3 Å². The molecule has 0 aliphatic heterocycles. The van der Waals surface area contributed by atoms with Gasteiger partial charge in [-0.2, -0.15) is 0 Å². The molecule has 4 nitrogen and oxygen atoms in total. The molecule has 1 heterocycles. The zero-order valence-electron chi connectivity index (χ0n) is 14.7. The molecule has 5 heteroatoms. The van der Waals surface area contributed by atoms with Gasteiger partial charge in [0.2, 0.25) is 5.91 Å². The van der Waals surface area contributed by atoms with Crippen LogP contribution in [0.2, 0.25) is 0 Å². The highest BCUT2D eigenvalue weighted by atomic mass is 32.1. The second kappa shape index (κ2) is 8.11. The van der Waals surface area contributed by atoms with Crippen LogP contribution in [0.15, 0.2) is 36.4 Å². The van der Waals surface area contributed by atoms with E-state index in [9.17, 15) is 9.59 Å². The standard InChI is InChI=1S/C19H24N2O2S/c1-14-5-11-18(24-14)17(22)10-12-19(23)21(4)13-15-6-8-16(9-7-15)20(2)3/h5-9,11H,10,12-13H2,1-4H3. The Kier molecular flexibility index (Phi) is 6.15. The maximum absolute atomic E-state index is 12.2. The molecule has 1 aromatic carbocycles. The quantitative estimate of drug-likeness (QED) is 0.718. The van der Waals surface area contributed by atoms with Crippen molar-refractivity contribution in [2.24, 2.45) is 0 Å². The third-order valence-corrected chi connectivity index (χ3v) is 4.92. The maximum Gasteiger partial charge on any atom is 0.223 e. The molecule has 0 saturated carbocycles. The van der Waals surface area contributed by atoms with E-state index in [-0.39, 0.29) is 24.5 Å². The number of amides is 1. The molecule has 0 aliphatic rings. The minimum Gasteiger partial charge on any atom is -0.378 e. The number of benzene rings is 1. The molecule has 1 aromatic heterocycles. The molecular formula is C19H24N2O2S. The van der Waals surface area contributed by atoms with Gasteiger partial charge >= 0.3 is 0 Å². The maximum atomic E-state index is 12.2. The number of hydrogen-bond donors (Lipinski definition) is 0. The van der Waals surface area contributed by atoms with Crippen molar-refractivity contribution in [3.8, 4) is 0 Å². The number of rotatable bonds is 7. The zero-order valence-corrected chi connectivity index (χ0v) is 15.5. The van der Waals surface area contributed by atoms with Gasteiger partial charge in [-0.1, -0.05) is 12.1 Å². The first-order valence-corrected chi connectivity index (χ1v) is 8.78. The molecule has 0 aliphatic carbocycles. The van der Waals surface area contributed by atoms with Crippen molar-refractivity contribution in [2.75, 3.05) is 26.0 Å². The van der Waals surface area contributed by atoms with Crippen molar-refractivity contribution in [1.82, 2.24) is 4.90 Å². The average Bonchev–Trinajstić information content (AvgIpc) is 2.99. The van der Waals surface area contributed by atoms with Crippen molar-refractivity contribution >= 4 is 28.7 Å². The zero-order chi connectivity index (χ0) is 17.7. The molecule has 0 saturated heterocycles. The normalized spacial score (nSPS) is 10.5. The van der Waals surface area contributed by atoms with Gasteiger partial charge in [0.15, 0.2) is 5.78 Å². The van der Waals surface area contributed by atoms with Crippen LogP contribution in [0, 0.1) is 6.92 Å². The van der Waals surface area contributed by atoms with Gasteiger partial charge in [-0.3, -0.25) is 9.59 Å². The highest BCUT2D eigenvalue weighted by molar-refractivity contribution is 7.14. The van der Waals surface area contributed by atoms with Crippen molar-refractivity contribution < 1.29 is 9.59 Å². The third-order valence-electron chi connectivity index (χ3n) is 3.88. The van der Waals surface area contributed by atoms with Gasteiger partial charge in [-0.25, -0.2) is 0 Å². The number of anilines is 1. The lowest BCUT2D eigenvalue weighted by Crippen LogP contribution is -2.26. The van der Waals surface area contributed by atoms with Gasteiger partial charge in [0.1, 0.15) is 0 Å². The summed E-state index contributed by atoms with van der Waals surface area (Å²) < 4.78 is 0. The minimum atomic E-state index is -0.00619. The molecule has 0 radical (unpaired) electrons. The van der Waals surface area contributed by atoms with E-state index in [4.69, 9.17) is 0 Å². The third kappa shape index (κ3) is 4.93. The fourth-order valence-electron chi connectivity index (χ4n) is 2.38. The Hall–Kier alpha value is -2.14. The van der Waals surface area contributed by atoms with Gasteiger partial charge in [0.25, 0.3) is 0 Å². The Bertz CT molecular complexity index is 704. The molecule has 1 amide bonds. The second-order valence-corrected chi connectivity index (χ2v) is 7.43. The Morgan fingerprint density at radius 3 is 2.17 bits per heavy atom. The Balaban J connectivity index is 1.84. The number of nitrogens with zero attached hydrogens (tertiary/aromatic N) is 2. The first kappa shape index (κ1) is 18.2. The van der Waals surface area contributed by atoms with E-state index >= 15 is 0 Å². The number of aryl methyl sites for hydroxylation is 1. The summed E-state index contributed by atoms with van der Waals surface area (Å²) in [5.41, 5.74) is 2.21. The van der Waals surface area contributed by atoms with Gasteiger partial charge in [0.05, 0.1) is 4.88 Å². The summed E-state index contributed by atoms with van der Waals surface area (Å²) in [7, 11) is 5.77. The van der Waals surface area contributed by atoms with Crippen LogP contribution in [0.3, 0.4) is 0 Å². The highest BCUT2D eigenvalue weighted by Crippen LogP contribution is 2.18. The molecule has 0 fully saturated rings. The lowest BCUT2D eigenvalue weighted by molar-refractivity contribution is -0.130. The van der Waals surface area contributed by atoms with E-state index in [2.05, 4.69) is 0 Å². The van der Waals surface area contributed by atoms with Crippen LogP contribution < -0.4 is 4.90 Å². The Labute approximate surface area is 147 Å². The number of Topliss-reactive ketones (excluding diaryl/α,β-unsaturated/α-hetero) is 1. The molecule has 128 valence electrons. The summed E-state index contributed by atoms with van der Waals surface area (Å²) in [5.74, 6) is 0.0403. The number of ketones is 1. The predicted octanol–water partition coefficient (Wildman–Crippen LogP) is 3.74. The first-order valence-electron chi connectivity index (χ1n) is 7.96. The van der Waals surface area contributed by atoms with Crippen LogP contribution in [0.4, 0.5) is 5.69 Å². The fraction of sp³-hybridized carbons (Fsp3) is 0.368. The molecule has 0 unspecified atom stereocenters. The van der Waals surface area contributed by atoms with E-state index in [1.807, 2.05) is 62.3 Å². The number of hydrogen-bond acceptors (Lipinski definition) is 4. The van der Waals surface area contributed by atoms with Crippen molar-refractivity contribution in [3.63, 3.8) is 0 Å². The fourth-order valence-corrected chi connectivity index (χ4v) is 3.22. The molecule has 2 aromatic rings. The van der Waals surface area contributed by atoms with Gasteiger partial charge in [-0.15, -0.1) is 11.3 Å². The Morgan fingerprint density at radius 1 is 0.958 bits per heavy atom. The molecule has 0 bridgehead atoms. The summed E-state index contributed by atoms with van der Waals surface area (Å²) >= 11 is 1.48. The summed E-state index contributed by atoms with van der Waals surface area (Å²) in [5, 5.41) is 0. The summed E-state index contributed by atoms with van der Waals surface area (Å²) in [6.45, 7) is 2.53. The van der Waals surface area contributed by atoms with Gasteiger partial charge in [-0.05, 0) is 36.8 Å². The Morgan fingerprint density at radius 2 is 1.62 bits per heavy atom. The molecule has 24 heavy (non-hydrogen) atoms. The van der Waals surface area contributed by atoms with E-state index < -0.39 is 0 Å².